The molecule has 2 rings (SSSR count). The average molecular weight is 431 g/mol. The van der Waals surface area contributed by atoms with Gasteiger partial charge in [0, 0.05) is 14.5 Å². The van der Waals surface area contributed by atoms with E-state index in [4.69, 9.17) is 23.2 Å². The van der Waals surface area contributed by atoms with Crippen LogP contribution in [0.4, 0.5) is 8.78 Å². The van der Waals surface area contributed by atoms with Crippen LogP contribution < -0.4 is 0 Å². The van der Waals surface area contributed by atoms with Crippen LogP contribution in [0, 0.1) is 11.6 Å². The number of alkyl halides is 1. The molecule has 0 radical (unpaired) electrons. The standard InChI is InChI=1S/C13H6Br2Cl2F2/c14-7-1-6(2-8(18)3-7)13(17)9-4-11(16)10(15)5-12(9)19/h1-5,13H. The molecular weight excluding hydrogens is 425 g/mol. The van der Waals surface area contributed by atoms with Crippen LogP contribution in [-0.2, 0) is 0 Å². The van der Waals surface area contributed by atoms with Crippen molar-refractivity contribution in [2.24, 2.45) is 0 Å². The second-order valence-electron chi connectivity index (χ2n) is 3.85. The van der Waals surface area contributed by atoms with Crippen molar-refractivity contribution in [1.82, 2.24) is 0 Å². The molecule has 1 atom stereocenters. The Morgan fingerprint density at radius 3 is 2.32 bits per heavy atom. The van der Waals surface area contributed by atoms with Crippen LogP contribution in [0.1, 0.15) is 16.5 Å². The zero-order valence-electron chi connectivity index (χ0n) is 9.23. The molecular formula is C13H6Br2Cl2F2. The highest BCUT2D eigenvalue weighted by atomic mass is 79.9. The maximum absolute atomic E-state index is 13.9. The Kier molecular flexibility index (Phi) is 4.88. The molecule has 0 fully saturated rings. The second-order valence-corrected chi connectivity index (χ2v) is 6.47. The minimum absolute atomic E-state index is 0.201. The lowest BCUT2D eigenvalue weighted by Crippen LogP contribution is -1.98. The molecule has 0 aliphatic carbocycles. The third kappa shape index (κ3) is 3.48. The van der Waals surface area contributed by atoms with Crippen molar-refractivity contribution in [3.05, 3.63) is 67.1 Å². The average Bonchev–Trinajstić information content (AvgIpc) is 2.31. The molecule has 2 aromatic rings. The lowest BCUT2D eigenvalue weighted by atomic mass is 10.0. The van der Waals surface area contributed by atoms with Crippen LogP contribution in [-0.4, -0.2) is 0 Å². The minimum atomic E-state index is -0.822. The van der Waals surface area contributed by atoms with Crippen LogP contribution >= 0.6 is 55.1 Å². The Hall–Kier alpha value is -0.160. The number of hydrogen-bond acceptors (Lipinski definition) is 0. The summed E-state index contributed by atoms with van der Waals surface area (Å²) in [5.74, 6) is -0.949. The molecule has 0 heterocycles. The van der Waals surface area contributed by atoms with Gasteiger partial charge in [0.25, 0.3) is 0 Å². The maximum atomic E-state index is 13.9. The molecule has 0 nitrogen and oxygen atoms in total. The number of benzene rings is 2. The van der Waals surface area contributed by atoms with E-state index in [1.165, 1.54) is 24.3 Å². The van der Waals surface area contributed by atoms with Gasteiger partial charge in [0.1, 0.15) is 11.6 Å². The topological polar surface area (TPSA) is 0 Å². The second kappa shape index (κ2) is 6.08. The number of hydrogen-bond donors (Lipinski definition) is 0. The number of rotatable bonds is 2. The largest absolute Gasteiger partial charge is 0.207 e. The summed E-state index contributed by atoms with van der Waals surface area (Å²) in [6.45, 7) is 0. The summed E-state index contributed by atoms with van der Waals surface area (Å²) in [5.41, 5.74) is 0.651. The highest BCUT2D eigenvalue weighted by Gasteiger charge is 2.18. The van der Waals surface area contributed by atoms with Crippen molar-refractivity contribution < 1.29 is 8.78 Å². The van der Waals surface area contributed by atoms with E-state index >= 15 is 0 Å². The molecule has 100 valence electrons. The summed E-state index contributed by atoms with van der Waals surface area (Å²) in [6.07, 6.45) is 0. The SMILES string of the molecule is Fc1cc(Br)cc(C(Cl)c2cc(Cl)c(Br)cc2F)c1. The third-order valence-electron chi connectivity index (χ3n) is 2.49. The quantitative estimate of drug-likeness (QED) is 0.378. The first-order chi connectivity index (χ1) is 8.88. The van der Waals surface area contributed by atoms with Crippen molar-refractivity contribution in [2.75, 3.05) is 0 Å². The van der Waals surface area contributed by atoms with Crippen molar-refractivity contribution in [2.45, 2.75) is 5.38 Å². The molecule has 0 saturated carbocycles. The lowest BCUT2D eigenvalue weighted by Gasteiger charge is -2.13. The van der Waals surface area contributed by atoms with E-state index in [9.17, 15) is 8.78 Å². The Balaban J connectivity index is 2.49. The molecule has 2 aromatic carbocycles. The van der Waals surface area contributed by atoms with Gasteiger partial charge in [-0.1, -0.05) is 27.5 Å². The maximum Gasteiger partial charge on any atom is 0.129 e. The van der Waals surface area contributed by atoms with Crippen LogP contribution in [0.3, 0.4) is 0 Å². The van der Waals surface area contributed by atoms with Crippen LogP contribution in [0.25, 0.3) is 0 Å². The molecule has 0 saturated heterocycles. The predicted molar refractivity (Wildman–Crippen MR) is 80.9 cm³/mol. The van der Waals surface area contributed by atoms with Gasteiger partial charge in [-0.05, 0) is 51.8 Å². The summed E-state index contributed by atoms with van der Waals surface area (Å²) in [6, 6.07) is 6.87. The lowest BCUT2D eigenvalue weighted by molar-refractivity contribution is 0.608. The van der Waals surface area contributed by atoms with Crippen molar-refractivity contribution in [3.8, 4) is 0 Å². The molecule has 0 spiro atoms. The summed E-state index contributed by atoms with van der Waals surface area (Å²) >= 11 is 18.4. The minimum Gasteiger partial charge on any atom is -0.207 e. The Labute approximate surface area is 136 Å². The summed E-state index contributed by atoms with van der Waals surface area (Å²) in [4.78, 5) is 0. The van der Waals surface area contributed by atoms with E-state index in [0.29, 0.717) is 19.5 Å². The fourth-order valence-corrected chi connectivity index (χ4v) is 2.90. The van der Waals surface area contributed by atoms with Gasteiger partial charge in [-0.3, -0.25) is 0 Å². The molecule has 0 amide bonds. The van der Waals surface area contributed by atoms with Crippen molar-refractivity contribution >= 4 is 55.1 Å². The highest BCUT2D eigenvalue weighted by Crippen LogP contribution is 2.36. The molecule has 0 aromatic heterocycles. The summed E-state index contributed by atoms with van der Waals surface area (Å²) in [7, 11) is 0. The van der Waals surface area contributed by atoms with Gasteiger partial charge in [0.05, 0.1) is 10.4 Å². The van der Waals surface area contributed by atoms with Gasteiger partial charge in [-0.2, -0.15) is 0 Å². The predicted octanol–water partition coefficient (Wildman–Crippen LogP) is 6.47. The zero-order valence-corrected chi connectivity index (χ0v) is 13.9. The molecule has 6 heteroatoms. The van der Waals surface area contributed by atoms with Gasteiger partial charge < -0.3 is 0 Å². The summed E-state index contributed by atoms with van der Waals surface area (Å²) < 4.78 is 28.2. The molecule has 0 bridgehead atoms. The first kappa shape index (κ1) is 15.2. The molecule has 19 heavy (non-hydrogen) atoms. The van der Waals surface area contributed by atoms with E-state index in [2.05, 4.69) is 31.9 Å². The number of halogens is 6. The van der Waals surface area contributed by atoms with Crippen molar-refractivity contribution in [1.29, 1.82) is 0 Å². The fourth-order valence-electron chi connectivity index (χ4n) is 1.63. The molecule has 0 aliphatic rings. The van der Waals surface area contributed by atoms with Gasteiger partial charge in [0.15, 0.2) is 0 Å². The van der Waals surface area contributed by atoms with Gasteiger partial charge in [-0.15, -0.1) is 11.6 Å². The van der Waals surface area contributed by atoms with E-state index in [1.54, 1.807) is 6.07 Å². The third-order valence-corrected chi connectivity index (χ3v) is 4.63. The normalized spacial score (nSPS) is 12.5. The monoisotopic (exact) mass is 428 g/mol. The van der Waals surface area contributed by atoms with Crippen LogP contribution in [0.15, 0.2) is 39.3 Å². The molecule has 0 aliphatic heterocycles. The van der Waals surface area contributed by atoms with Crippen molar-refractivity contribution in [3.63, 3.8) is 0 Å². The van der Waals surface area contributed by atoms with E-state index in [1.807, 2.05) is 0 Å². The van der Waals surface area contributed by atoms with Crippen LogP contribution in [0.2, 0.25) is 5.02 Å². The Bertz CT molecular complexity index is 612. The van der Waals surface area contributed by atoms with E-state index < -0.39 is 17.0 Å². The molecule has 0 N–H and O–H groups in total. The fraction of sp³-hybridized carbons (Fsp3) is 0.0769. The zero-order chi connectivity index (χ0) is 14.2. The van der Waals surface area contributed by atoms with E-state index in [0.717, 1.165) is 0 Å². The Morgan fingerprint density at radius 1 is 1.00 bits per heavy atom. The highest BCUT2D eigenvalue weighted by molar-refractivity contribution is 9.10. The first-order valence-electron chi connectivity index (χ1n) is 5.13. The Morgan fingerprint density at radius 2 is 1.68 bits per heavy atom. The summed E-state index contributed by atoms with van der Waals surface area (Å²) in [5, 5.41) is -0.477. The van der Waals surface area contributed by atoms with E-state index in [-0.39, 0.29) is 5.56 Å². The van der Waals surface area contributed by atoms with Gasteiger partial charge in [-0.25, -0.2) is 8.78 Å². The smallest absolute Gasteiger partial charge is 0.129 e. The molecule has 1 unspecified atom stereocenters. The first-order valence-corrected chi connectivity index (χ1v) is 7.53. The van der Waals surface area contributed by atoms with Crippen LogP contribution in [0.5, 0.6) is 0 Å². The van der Waals surface area contributed by atoms with Gasteiger partial charge >= 0.3 is 0 Å². The van der Waals surface area contributed by atoms with Gasteiger partial charge in [0.2, 0.25) is 0 Å².